The zero-order valence-corrected chi connectivity index (χ0v) is 17.3. The summed E-state index contributed by atoms with van der Waals surface area (Å²) in [6.07, 6.45) is 6.57. The highest BCUT2D eigenvalue weighted by molar-refractivity contribution is 5.77. The van der Waals surface area contributed by atoms with Crippen LogP contribution in [0.25, 0.3) is 0 Å². The van der Waals surface area contributed by atoms with Gasteiger partial charge in [-0.25, -0.2) is 0 Å². The molecule has 0 spiro atoms. The fraction of sp³-hybridized carbons (Fsp3) is 0.682. The Labute approximate surface area is 172 Å². The minimum atomic E-state index is -0.125. The lowest BCUT2D eigenvalue weighted by atomic mass is 9.84. The van der Waals surface area contributed by atoms with Crippen LogP contribution in [0.15, 0.2) is 24.5 Å². The van der Waals surface area contributed by atoms with E-state index >= 15 is 0 Å². The Morgan fingerprint density at radius 2 is 1.97 bits per heavy atom. The Morgan fingerprint density at radius 1 is 1.21 bits per heavy atom. The molecular formula is C22H32N4O3. The molecule has 0 aromatic carbocycles. The van der Waals surface area contributed by atoms with Crippen molar-refractivity contribution in [3.05, 3.63) is 30.1 Å². The number of pyridine rings is 1. The molecule has 2 saturated heterocycles. The maximum Gasteiger partial charge on any atom is 0.222 e. The van der Waals surface area contributed by atoms with Gasteiger partial charge in [-0.2, -0.15) is 0 Å². The molecule has 3 aliphatic rings. The number of hydrogen-bond donors (Lipinski definition) is 2. The Hall–Kier alpha value is -1.99. The van der Waals surface area contributed by atoms with Crippen molar-refractivity contribution in [2.24, 2.45) is 11.8 Å². The van der Waals surface area contributed by atoms with Crippen LogP contribution in [0.5, 0.6) is 0 Å². The predicted molar refractivity (Wildman–Crippen MR) is 109 cm³/mol. The molecule has 1 aromatic heterocycles. The van der Waals surface area contributed by atoms with Gasteiger partial charge < -0.3 is 15.4 Å². The van der Waals surface area contributed by atoms with E-state index in [-0.39, 0.29) is 41.8 Å². The molecule has 7 heteroatoms. The highest BCUT2D eigenvalue weighted by atomic mass is 16.5. The largest absolute Gasteiger partial charge is 0.376 e. The lowest BCUT2D eigenvalue weighted by Crippen LogP contribution is -2.37. The van der Waals surface area contributed by atoms with Crippen molar-refractivity contribution in [1.82, 2.24) is 20.5 Å². The Morgan fingerprint density at radius 3 is 2.66 bits per heavy atom. The van der Waals surface area contributed by atoms with Crippen molar-refractivity contribution in [2.75, 3.05) is 13.2 Å². The van der Waals surface area contributed by atoms with E-state index in [2.05, 4.69) is 20.5 Å². The van der Waals surface area contributed by atoms with Gasteiger partial charge in [-0.1, -0.05) is 0 Å². The summed E-state index contributed by atoms with van der Waals surface area (Å²) in [4.78, 5) is 31.4. The molecule has 3 fully saturated rings. The number of nitrogens with one attached hydrogen (secondary N) is 2. The van der Waals surface area contributed by atoms with Crippen LogP contribution < -0.4 is 10.6 Å². The van der Waals surface area contributed by atoms with E-state index in [4.69, 9.17) is 4.74 Å². The van der Waals surface area contributed by atoms with Gasteiger partial charge in [0.1, 0.15) is 0 Å². The number of carbonyl (C=O) groups excluding carboxylic acids is 2. The van der Waals surface area contributed by atoms with E-state index in [1.54, 1.807) is 0 Å². The van der Waals surface area contributed by atoms with Crippen LogP contribution in [0.3, 0.4) is 0 Å². The van der Waals surface area contributed by atoms with Gasteiger partial charge in [0.2, 0.25) is 11.8 Å². The van der Waals surface area contributed by atoms with Crippen LogP contribution in [0.4, 0.5) is 0 Å². The van der Waals surface area contributed by atoms with Crippen LogP contribution in [0.2, 0.25) is 0 Å². The number of ether oxygens (including phenoxy) is 1. The van der Waals surface area contributed by atoms with Gasteiger partial charge in [-0.15, -0.1) is 0 Å². The lowest BCUT2D eigenvalue weighted by molar-refractivity contribution is -0.124. The summed E-state index contributed by atoms with van der Waals surface area (Å²) in [7, 11) is 0. The third-order valence-electron chi connectivity index (χ3n) is 6.20. The quantitative estimate of drug-likeness (QED) is 0.691. The number of amides is 2. The highest BCUT2D eigenvalue weighted by Gasteiger charge is 2.51. The molecule has 2 N–H and O–H groups in total. The second-order valence-corrected chi connectivity index (χ2v) is 9.03. The van der Waals surface area contributed by atoms with E-state index < -0.39 is 0 Å². The van der Waals surface area contributed by atoms with Crippen LogP contribution in [-0.4, -0.2) is 59.1 Å². The molecule has 2 aliphatic heterocycles. The van der Waals surface area contributed by atoms with Gasteiger partial charge in [-0.3, -0.25) is 19.5 Å². The van der Waals surface area contributed by atoms with Crippen LogP contribution in [0, 0.1) is 11.8 Å². The lowest BCUT2D eigenvalue weighted by Gasteiger charge is -2.23. The molecule has 1 aromatic rings. The van der Waals surface area contributed by atoms with Crippen molar-refractivity contribution < 1.29 is 14.3 Å². The maximum atomic E-state index is 12.5. The molecule has 29 heavy (non-hydrogen) atoms. The average Bonchev–Trinajstić information content (AvgIpc) is 3.28. The Kier molecular flexibility index (Phi) is 6.15. The summed E-state index contributed by atoms with van der Waals surface area (Å²) in [5.41, 5.74) is 1.21. The summed E-state index contributed by atoms with van der Waals surface area (Å²) >= 11 is 0. The maximum absolute atomic E-state index is 12.5. The van der Waals surface area contributed by atoms with Gasteiger partial charge in [0, 0.05) is 55.9 Å². The number of aromatic nitrogens is 1. The standard InChI is InChI=1S/C22H32N4O3/c1-14(2)24-21(28)10-19-22-16(9-20(27)25-17-3-4-17)12-26(18(22)13-29-19)11-15-5-7-23-8-6-15/h5-8,14,16-19,22H,3-4,9-13H2,1-2H3,(H,24,28)(H,25,27)/t16-,18-,19+,22-/m1/s1. The molecule has 1 saturated carbocycles. The fourth-order valence-electron chi connectivity index (χ4n) is 4.83. The van der Waals surface area contributed by atoms with E-state index in [1.807, 2.05) is 38.4 Å². The van der Waals surface area contributed by atoms with E-state index in [0.717, 1.165) is 25.9 Å². The zero-order valence-electron chi connectivity index (χ0n) is 17.3. The monoisotopic (exact) mass is 400 g/mol. The Balaban J connectivity index is 1.45. The molecule has 3 heterocycles. The molecule has 4 atom stereocenters. The third-order valence-corrected chi connectivity index (χ3v) is 6.20. The molecule has 2 amide bonds. The molecule has 7 nitrogen and oxygen atoms in total. The summed E-state index contributed by atoms with van der Waals surface area (Å²) in [5.74, 6) is 0.582. The molecular weight excluding hydrogens is 368 g/mol. The van der Waals surface area contributed by atoms with E-state index in [0.29, 0.717) is 25.5 Å². The van der Waals surface area contributed by atoms with Crippen LogP contribution in [-0.2, 0) is 20.9 Å². The number of carbonyl (C=O) groups is 2. The van der Waals surface area contributed by atoms with Crippen LogP contribution >= 0.6 is 0 Å². The summed E-state index contributed by atoms with van der Waals surface area (Å²) in [5, 5.41) is 6.09. The first-order chi connectivity index (χ1) is 14.0. The number of hydrogen-bond acceptors (Lipinski definition) is 5. The average molecular weight is 401 g/mol. The third kappa shape index (κ3) is 5.14. The molecule has 0 unspecified atom stereocenters. The number of likely N-dealkylation sites (tertiary alicyclic amines) is 1. The van der Waals surface area contributed by atoms with Gasteiger partial charge >= 0.3 is 0 Å². The first-order valence-corrected chi connectivity index (χ1v) is 10.8. The zero-order chi connectivity index (χ0) is 20.4. The molecule has 0 radical (unpaired) electrons. The number of rotatable bonds is 8. The topological polar surface area (TPSA) is 83.6 Å². The van der Waals surface area contributed by atoms with Gasteiger partial charge in [-0.05, 0) is 50.3 Å². The summed E-state index contributed by atoms with van der Waals surface area (Å²) in [6.45, 7) is 6.23. The van der Waals surface area contributed by atoms with E-state index in [9.17, 15) is 9.59 Å². The molecule has 4 rings (SSSR count). The fourth-order valence-corrected chi connectivity index (χ4v) is 4.83. The summed E-state index contributed by atoms with van der Waals surface area (Å²) < 4.78 is 6.10. The van der Waals surface area contributed by atoms with Crippen molar-refractivity contribution in [2.45, 2.75) is 70.3 Å². The van der Waals surface area contributed by atoms with Crippen molar-refractivity contribution >= 4 is 11.8 Å². The second-order valence-electron chi connectivity index (χ2n) is 9.03. The van der Waals surface area contributed by atoms with Crippen LogP contribution in [0.1, 0.15) is 45.1 Å². The second kappa shape index (κ2) is 8.79. The first kappa shape index (κ1) is 20.3. The SMILES string of the molecule is CC(C)NC(=O)C[C@@H]1OC[C@@H]2[C@H]1[C@H](CC(=O)NC1CC1)CN2Cc1ccncc1. The molecule has 158 valence electrons. The van der Waals surface area contributed by atoms with Gasteiger partial charge in [0.05, 0.1) is 19.1 Å². The normalized spacial score (nSPS) is 29.1. The van der Waals surface area contributed by atoms with E-state index in [1.165, 1.54) is 5.56 Å². The molecule has 1 aliphatic carbocycles. The van der Waals surface area contributed by atoms with Crippen molar-refractivity contribution in [3.63, 3.8) is 0 Å². The smallest absolute Gasteiger partial charge is 0.222 e. The Bertz CT molecular complexity index is 722. The number of fused-ring (bicyclic) bond motifs is 1. The predicted octanol–water partition coefficient (Wildman–Crippen LogP) is 1.48. The van der Waals surface area contributed by atoms with Gasteiger partial charge in [0.25, 0.3) is 0 Å². The van der Waals surface area contributed by atoms with Crippen molar-refractivity contribution in [1.29, 1.82) is 0 Å². The summed E-state index contributed by atoms with van der Waals surface area (Å²) in [6, 6.07) is 4.81. The molecule has 0 bridgehead atoms. The van der Waals surface area contributed by atoms with Crippen molar-refractivity contribution in [3.8, 4) is 0 Å². The highest BCUT2D eigenvalue weighted by Crippen LogP contribution is 2.42. The van der Waals surface area contributed by atoms with Gasteiger partial charge in [0.15, 0.2) is 0 Å². The minimum Gasteiger partial charge on any atom is -0.376 e. The first-order valence-electron chi connectivity index (χ1n) is 10.8. The number of nitrogens with zero attached hydrogens (tertiary/aromatic N) is 2. The minimum absolute atomic E-state index is 0.0272.